The van der Waals surface area contributed by atoms with E-state index >= 15 is 4.39 Å². The summed E-state index contributed by atoms with van der Waals surface area (Å²) in [6.45, 7) is 12.2. The SMILES string of the molecule is [2H]CC1OC(n2ccc(=O)[nH]c2=O)C(F)C1OP(OCCCCSSC(C)(C)CCC(=O)O)N(C(C)C)C(C)C. The Morgan fingerprint density at radius 2 is 2.03 bits per heavy atom. The topological polar surface area (TPSA) is 123 Å². The highest BCUT2D eigenvalue weighted by atomic mass is 33.1. The smallest absolute Gasteiger partial charge is 0.330 e. The molecule has 0 aliphatic carbocycles. The summed E-state index contributed by atoms with van der Waals surface area (Å²) in [6.07, 6.45) is -1.58. The van der Waals surface area contributed by atoms with Crippen molar-refractivity contribution in [1.29, 1.82) is 0 Å². The van der Waals surface area contributed by atoms with Gasteiger partial charge in [0.05, 0.1) is 12.7 Å². The summed E-state index contributed by atoms with van der Waals surface area (Å²) in [5.74, 6) is 0.0884. The Balaban J connectivity index is 2.01. The minimum atomic E-state index is -1.76. The molecule has 0 saturated carbocycles. The molecule has 0 spiro atoms. The van der Waals surface area contributed by atoms with Crippen molar-refractivity contribution >= 4 is 36.1 Å². The summed E-state index contributed by atoms with van der Waals surface area (Å²) in [6, 6.07) is 1.20. The normalized spacial score (nSPS) is 23.1. The van der Waals surface area contributed by atoms with Crippen molar-refractivity contribution in [3.8, 4) is 0 Å². The number of H-pyrrole nitrogens is 1. The standard InChI is InChI=1S/C25H43FN3O7PS2/c1-16(2)29(17(3)4)37(34-14-8-9-15-38-39-25(6,7)12-10-20(31)32)36-22-18(5)35-23(21(22)26)28-13-11-19(30)27-24(28)33/h11,13,16-18,21-23H,8-10,12,14-15H2,1-7H3,(H,31,32)(H,27,30,33)/i5D. The highest BCUT2D eigenvalue weighted by Gasteiger charge is 2.47. The number of aromatic nitrogens is 2. The average molecular weight is 613 g/mol. The van der Waals surface area contributed by atoms with E-state index in [1.807, 2.05) is 46.2 Å². The molecule has 1 aliphatic rings. The Morgan fingerprint density at radius 3 is 2.62 bits per heavy atom. The van der Waals surface area contributed by atoms with Gasteiger partial charge in [0.2, 0.25) is 0 Å². The van der Waals surface area contributed by atoms with Crippen molar-refractivity contribution in [1.82, 2.24) is 14.2 Å². The van der Waals surface area contributed by atoms with Gasteiger partial charge in [-0.2, -0.15) is 0 Å². The van der Waals surface area contributed by atoms with Crippen molar-refractivity contribution in [2.45, 2.75) is 116 Å². The zero-order valence-electron chi connectivity index (χ0n) is 24.5. The molecule has 1 aliphatic heterocycles. The van der Waals surface area contributed by atoms with E-state index in [1.165, 1.54) is 6.20 Å². The molecular weight excluding hydrogens is 568 g/mol. The summed E-state index contributed by atoms with van der Waals surface area (Å²) in [5, 5.41) is 8.91. The number of hydrogen-bond acceptors (Lipinski definition) is 9. The molecule has 2 heterocycles. The van der Waals surface area contributed by atoms with Crippen molar-refractivity contribution < 1.29 is 29.4 Å². The maximum atomic E-state index is 15.7. The van der Waals surface area contributed by atoms with Gasteiger partial charge < -0.3 is 18.9 Å². The fourth-order valence-electron chi connectivity index (χ4n) is 3.96. The Morgan fingerprint density at radius 1 is 1.33 bits per heavy atom. The second-order valence-electron chi connectivity index (χ2n) is 10.5. The van der Waals surface area contributed by atoms with Gasteiger partial charge in [0.15, 0.2) is 12.4 Å². The molecule has 2 rings (SSSR count). The molecule has 5 unspecified atom stereocenters. The third-order valence-corrected chi connectivity index (χ3v) is 11.5. The highest BCUT2D eigenvalue weighted by Crippen LogP contribution is 2.50. The van der Waals surface area contributed by atoms with E-state index in [-0.39, 0.29) is 30.2 Å². The number of carbonyl (C=O) groups is 1. The summed E-state index contributed by atoms with van der Waals surface area (Å²) < 4.78 is 44.7. The second-order valence-corrected chi connectivity index (χ2v) is 15.0. The molecule has 1 fully saturated rings. The molecule has 5 atom stereocenters. The van der Waals surface area contributed by atoms with Crippen LogP contribution in [0.15, 0.2) is 21.9 Å². The van der Waals surface area contributed by atoms with Crippen LogP contribution in [0.2, 0.25) is 0 Å². The van der Waals surface area contributed by atoms with Gasteiger partial charge in [-0.25, -0.2) is 13.9 Å². The third kappa shape index (κ3) is 10.8. The summed E-state index contributed by atoms with van der Waals surface area (Å²) in [5.41, 5.74) is -1.39. The number of nitrogens with zero attached hydrogens (tertiary/aromatic N) is 2. The molecule has 1 saturated heterocycles. The van der Waals surface area contributed by atoms with Crippen LogP contribution < -0.4 is 11.2 Å². The number of ether oxygens (including phenoxy) is 1. The zero-order chi connectivity index (χ0) is 30.0. The quantitative estimate of drug-likeness (QED) is 0.135. The molecule has 1 aromatic heterocycles. The number of carboxylic acids is 1. The van der Waals surface area contributed by atoms with Crippen LogP contribution in [0.3, 0.4) is 0 Å². The number of aromatic amines is 1. The molecule has 2 N–H and O–H groups in total. The first-order valence-corrected chi connectivity index (χ1v) is 16.5. The number of rotatable bonds is 17. The van der Waals surface area contributed by atoms with E-state index in [2.05, 4.69) is 4.98 Å². The van der Waals surface area contributed by atoms with Crippen LogP contribution in [-0.2, 0) is 18.6 Å². The molecule has 0 bridgehead atoms. The van der Waals surface area contributed by atoms with Crippen molar-refractivity contribution in [3.05, 3.63) is 33.1 Å². The molecule has 14 heteroatoms. The van der Waals surface area contributed by atoms with E-state index in [1.54, 1.807) is 21.6 Å². The van der Waals surface area contributed by atoms with Crippen LogP contribution in [0.1, 0.15) is 81.7 Å². The number of aliphatic carboxylic acids is 1. The summed E-state index contributed by atoms with van der Waals surface area (Å²) in [7, 11) is 1.69. The zero-order valence-corrected chi connectivity index (χ0v) is 26.0. The fraction of sp³-hybridized carbons (Fsp3) is 0.800. The molecule has 10 nitrogen and oxygen atoms in total. The van der Waals surface area contributed by atoms with Gasteiger partial charge in [-0.3, -0.25) is 19.1 Å². The maximum absolute atomic E-state index is 15.7. The second kappa shape index (κ2) is 15.9. The van der Waals surface area contributed by atoms with E-state index in [0.717, 1.165) is 29.2 Å². The molecule has 0 radical (unpaired) electrons. The first kappa shape index (κ1) is 32.6. The van der Waals surface area contributed by atoms with Gasteiger partial charge >= 0.3 is 11.7 Å². The minimum Gasteiger partial charge on any atom is -0.481 e. The highest BCUT2D eigenvalue weighted by molar-refractivity contribution is 8.77. The van der Waals surface area contributed by atoms with Crippen LogP contribution >= 0.6 is 30.1 Å². The number of halogens is 1. The van der Waals surface area contributed by atoms with Crippen LogP contribution in [-0.4, -0.2) is 72.9 Å². The lowest BCUT2D eigenvalue weighted by molar-refractivity contribution is -0.137. The predicted molar refractivity (Wildman–Crippen MR) is 156 cm³/mol. The van der Waals surface area contributed by atoms with Crippen LogP contribution in [0.4, 0.5) is 4.39 Å². The lowest BCUT2D eigenvalue weighted by Crippen LogP contribution is -2.38. The first-order chi connectivity index (χ1) is 18.8. The Bertz CT molecular complexity index is 1040. The number of hydrogen-bond donors (Lipinski definition) is 2. The van der Waals surface area contributed by atoms with Gasteiger partial charge in [-0.15, -0.1) is 0 Å². The van der Waals surface area contributed by atoms with Crippen molar-refractivity contribution in [2.75, 3.05) is 12.4 Å². The lowest BCUT2D eigenvalue weighted by atomic mass is 10.1. The van der Waals surface area contributed by atoms with Crippen molar-refractivity contribution in [3.63, 3.8) is 0 Å². The lowest BCUT2D eigenvalue weighted by Gasteiger charge is -2.37. The van der Waals surface area contributed by atoms with Crippen LogP contribution in [0, 0.1) is 0 Å². The molecule has 39 heavy (non-hydrogen) atoms. The molecular formula is C25H43FN3O7PS2. The van der Waals surface area contributed by atoms with Gasteiger partial charge in [0, 0.05) is 42.6 Å². The van der Waals surface area contributed by atoms with Gasteiger partial charge in [0.1, 0.15) is 6.10 Å². The van der Waals surface area contributed by atoms with Gasteiger partial charge in [-0.1, -0.05) is 21.6 Å². The molecule has 0 amide bonds. The molecule has 1 aromatic rings. The first-order valence-electron chi connectivity index (χ1n) is 13.8. The number of nitrogens with one attached hydrogen (secondary N) is 1. The Kier molecular flexibility index (Phi) is 13.3. The fourth-order valence-corrected chi connectivity index (χ4v) is 8.48. The Labute approximate surface area is 240 Å². The largest absolute Gasteiger partial charge is 0.481 e. The summed E-state index contributed by atoms with van der Waals surface area (Å²) in [4.78, 5) is 36.7. The monoisotopic (exact) mass is 612 g/mol. The minimum absolute atomic E-state index is 0.0403. The van der Waals surface area contributed by atoms with E-state index < -0.39 is 50.4 Å². The summed E-state index contributed by atoms with van der Waals surface area (Å²) >= 11 is 0. The van der Waals surface area contributed by atoms with E-state index in [4.69, 9.17) is 20.3 Å². The molecule has 224 valence electrons. The van der Waals surface area contributed by atoms with Crippen LogP contribution in [0.25, 0.3) is 0 Å². The maximum Gasteiger partial charge on any atom is 0.330 e. The van der Waals surface area contributed by atoms with E-state index in [9.17, 15) is 14.4 Å². The van der Waals surface area contributed by atoms with Gasteiger partial charge in [-0.05, 0) is 67.7 Å². The van der Waals surface area contributed by atoms with Crippen LogP contribution in [0.5, 0.6) is 0 Å². The van der Waals surface area contributed by atoms with E-state index in [0.29, 0.717) is 13.0 Å². The number of unbranched alkanes of at least 4 members (excludes halogenated alkanes) is 1. The van der Waals surface area contributed by atoms with Gasteiger partial charge in [0.25, 0.3) is 14.1 Å². The number of carboxylic acid groups (broad SMARTS) is 1. The predicted octanol–water partition coefficient (Wildman–Crippen LogP) is 5.34. The van der Waals surface area contributed by atoms with Crippen molar-refractivity contribution in [2.24, 2.45) is 0 Å². The Hall–Kier alpha value is -0.950. The third-order valence-electron chi connectivity index (χ3n) is 5.90. The average Bonchev–Trinajstić information content (AvgIpc) is 3.16. The molecule has 0 aromatic carbocycles. The number of alkyl halides is 1.